The van der Waals surface area contributed by atoms with Crippen molar-refractivity contribution in [2.24, 2.45) is 5.92 Å². The van der Waals surface area contributed by atoms with E-state index in [4.69, 9.17) is 0 Å². The number of unbranched alkanes of at least 4 members (excludes halogenated alkanes) is 1. The van der Waals surface area contributed by atoms with Crippen molar-refractivity contribution >= 4 is 24.7 Å². The summed E-state index contributed by atoms with van der Waals surface area (Å²) in [7, 11) is -2.78. The van der Waals surface area contributed by atoms with E-state index in [9.17, 15) is 9.46 Å². The van der Waals surface area contributed by atoms with Crippen LogP contribution in [-0.2, 0) is 4.57 Å². The first-order chi connectivity index (χ1) is 7.14. The molecule has 1 aliphatic rings. The molecule has 0 amide bonds. The van der Waals surface area contributed by atoms with Gasteiger partial charge in [0.2, 0.25) is 7.37 Å². The van der Waals surface area contributed by atoms with E-state index >= 15 is 0 Å². The highest BCUT2D eigenvalue weighted by Crippen LogP contribution is 2.44. The van der Waals surface area contributed by atoms with Crippen LogP contribution >= 0.6 is 7.37 Å². The zero-order chi connectivity index (χ0) is 11.1. The smallest absolute Gasteiger partial charge is 0.200 e. The molecule has 1 rings (SSSR count). The van der Waals surface area contributed by atoms with Crippen LogP contribution in [0.1, 0.15) is 58.3 Å². The SMILES string of the molecule is CCCCP(=O)(O)CCC1CCCCC1.[AlH3]. The first-order valence-corrected chi connectivity index (χ1v) is 8.48. The first-order valence-electron chi connectivity index (χ1n) is 6.45. The van der Waals surface area contributed by atoms with Crippen molar-refractivity contribution < 1.29 is 9.46 Å². The summed E-state index contributed by atoms with van der Waals surface area (Å²) in [5, 5.41) is 0. The maximum absolute atomic E-state index is 11.8. The molecule has 0 aromatic rings. The quantitative estimate of drug-likeness (QED) is 0.590. The van der Waals surface area contributed by atoms with Crippen LogP contribution in [0, 0.1) is 5.92 Å². The van der Waals surface area contributed by atoms with Crippen molar-refractivity contribution in [2.45, 2.75) is 58.3 Å². The number of hydrogen-bond donors (Lipinski definition) is 1. The van der Waals surface area contributed by atoms with Crippen molar-refractivity contribution in [3.8, 4) is 0 Å². The molecule has 96 valence electrons. The fourth-order valence-electron chi connectivity index (χ4n) is 2.38. The van der Waals surface area contributed by atoms with E-state index in [-0.39, 0.29) is 17.4 Å². The second-order valence-electron chi connectivity index (χ2n) is 4.94. The van der Waals surface area contributed by atoms with Crippen LogP contribution in [0.5, 0.6) is 0 Å². The molecule has 0 spiro atoms. The van der Waals surface area contributed by atoms with E-state index in [1.54, 1.807) is 0 Å². The Morgan fingerprint density at radius 2 is 1.81 bits per heavy atom. The van der Waals surface area contributed by atoms with Gasteiger partial charge in [-0.15, -0.1) is 0 Å². The van der Waals surface area contributed by atoms with E-state index in [1.165, 1.54) is 32.1 Å². The molecule has 1 saturated carbocycles. The average molecular weight is 262 g/mol. The maximum Gasteiger partial charge on any atom is 0.200 e. The molecule has 1 aliphatic carbocycles. The number of hydrogen-bond acceptors (Lipinski definition) is 1. The Balaban J connectivity index is 0.00000225. The highest BCUT2D eigenvalue weighted by atomic mass is 31.2. The summed E-state index contributed by atoms with van der Waals surface area (Å²) in [6.45, 7) is 2.07. The van der Waals surface area contributed by atoms with E-state index in [0.717, 1.165) is 25.2 Å². The van der Waals surface area contributed by atoms with E-state index in [1.807, 2.05) is 0 Å². The summed E-state index contributed by atoms with van der Waals surface area (Å²) in [6, 6.07) is 0. The largest absolute Gasteiger partial charge is 0.344 e. The molecular weight excluding hydrogens is 234 g/mol. The molecule has 1 atom stereocenters. The van der Waals surface area contributed by atoms with Gasteiger partial charge in [0.15, 0.2) is 17.4 Å². The molecule has 0 heterocycles. The zero-order valence-corrected chi connectivity index (χ0v) is 10.8. The van der Waals surface area contributed by atoms with Crippen LogP contribution in [0.3, 0.4) is 0 Å². The van der Waals surface area contributed by atoms with Crippen molar-refractivity contribution in [3.05, 3.63) is 0 Å². The lowest BCUT2D eigenvalue weighted by Gasteiger charge is -2.22. The van der Waals surface area contributed by atoms with Crippen molar-refractivity contribution in [1.29, 1.82) is 0 Å². The van der Waals surface area contributed by atoms with E-state index in [2.05, 4.69) is 6.92 Å². The fraction of sp³-hybridized carbons (Fsp3) is 1.00. The third kappa shape index (κ3) is 7.13. The minimum atomic E-state index is -2.78. The van der Waals surface area contributed by atoms with Gasteiger partial charge in [-0.05, 0) is 18.8 Å². The summed E-state index contributed by atoms with van der Waals surface area (Å²) in [5.41, 5.74) is 0. The van der Waals surface area contributed by atoms with Gasteiger partial charge < -0.3 is 4.89 Å². The summed E-state index contributed by atoms with van der Waals surface area (Å²) in [5.74, 6) is 0.737. The van der Waals surface area contributed by atoms with Gasteiger partial charge in [-0.2, -0.15) is 0 Å². The van der Waals surface area contributed by atoms with E-state index < -0.39 is 7.37 Å². The van der Waals surface area contributed by atoms with Crippen molar-refractivity contribution in [1.82, 2.24) is 0 Å². The molecule has 0 aromatic carbocycles. The Hall–Kier alpha value is 0.722. The van der Waals surface area contributed by atoms with Crippen LogP contribution in [0.2, 0.25) is 0 Å². The Morgan fingerprint density at radius 3 is 2.38 bits per heavy atom. The molecule has 1 N–H and O–H groups in total. The second-order valence-corrected chi connectivity index (χ2v) is 7.53. The molecule has 0 radical (unpaired) electrons. The molecule has 0 aromatic heterocycles. The summed E-state index contributed by atoms with van der Waals surface area (Å²) < 4.78 is 11.8. The minimum Gasteiger partial charge on any atom is -0.344 e. The fourth-order valence-corrected chi connectivity index (χ4v) is 4.18. The average Bonchev–Trinajstić information content (AvgIpc) is 2.25. The molecule has 2 nitrogen and oxygen atoms in total. The normalized spacial score (nSPS) is 21.1. The van der Waals surface area contributed by atoms with Crippen molar-refractivity contribution in [3.63, 3.8) is 0 Å². The monoisotopic (exact) mass is 262 g/mol. The Labute approximate surface area is 111 Å². The Kier molecular flexibility index (Phi) is 9.16. The third-order valence-electron chi connectivity index (χ3n) is 3.47. The van der Waals surface area contributed by atoms with Gasteiger partial charge in [0, 0.05) is 12.3 Å². The highest BCUT2D eigenvalue weighted by molar-refractivity contribution is 7.57. The standard InChI is InChI=1S/C12H25O2P.Al.3H/c1-2-3-10-15(13,14)11-9-12-7-5-4-6-8-12;;;;/h12H,2-11H2,1H3,(H,13,14);;;;. The topological polar surface area (TPSA) is 37.3 Å². The van der Waals surface area contributed by atoms with Crippen LogP contribution in [0.4, 0.5) is 0 Å². The van der Waals surface area contributed by atoms with Crippen molar-refractivity contribution in [2.75, 3.05) is 12.3 Å². The number of rotatable bonds is 6. The first kappa shape index (κ1) is 16.7. The summed E-state index contributed by atoms with van der Waals surface area (Å²) >= 11 is 0. The maximum atomic E-state index is 11.8. The molecule has 0 saturated heterocycles. The van der Waals surface area contributed by atoms with Gasteiger partial charge in [0.25, 0.3) is 0 Å². The molecule has 1 unspecified atom stereocenters. The lowest BCUT2D eigenvalue weighted by molar-refractivity contribution is 0.346. The second kappa shape index (κ2) is 8.76. The summed E-state index contributed by atoms with van der Waals surface area (Å²) in [6.07, 6.45) is 10.6. The predicted octanol–water partition coefficient (Wildman–Crippen LogP) is 2.84. The molecule has 16 heavy (non-hydrogen) atoms. The van der Waals surface area contributed by atoms with Crippen LogP contribution < -0.4 is 0 Å². The molecule has 1 fully saturated rings. The van der Waals surface area contributed by atoms with Gasteiger partial charge >= 0.3 is 0 Å². The summed E-state index contributed by atoms with van der Waals surface area (Å²) in [4.78, 5) is 9.73. The Bertz CT molecular complexity index is 215. The van der Waals surface area contributed by atoms with Gasteiger partial charge in [-0.3, -0.25) is 4.57 Å². The highest BCUT2D eigenvalue weighted by Gasteiger charge is 2.21. The lowest BCUT2D eigenvalue weighted by atomic mass is 9.88. The van der Waals surface area contributed by atoms with Gasteiger partial charge in [0.1, 0.15) is 0 Å². The predicted molar refractivity (Wildman–Crippen MR) is 75.6 cm³/mol. The van der Waals surface area contributed by atoms with Crippen LogP contribution in [0.25, 0.3) is 0 Å². The Morgan fingerprint density at radius 1 is 1.19 bits per heavy atom. The molecule has 0 aliphatic heterocycles. The zero-order valence-electron chi connectivity index (χ0n) is 9.95. The molecule has 4 heteroatoms. The van der Waals surface area contributed by atoms with Gasteiger partial charge in [0.05, 0.1) is 0 Å². The van der Waals surface area contributed by atoms with Crippen LogP contribution in [-0.4, -0.2) is 34.6 Å². The third-order valence-corrected chi connectivity index (χ3v) is 5.44. The van der Waals surface area contributed by atoms with Gasteiger partial charge in [-0.1, -0.05) is 45.4 Å². The van der Waals surface area contributed by atoms with Gasteiger partial charge in [-0.25, -0.2) is 0 Å². The van der Waals surface area contributed by atoms with E-state index in [0.29, 0.717) is 12.3 Å². The molecule has 0 bridgehead atoms. The van der Waals surface area contributed by atoms with Crippen LogP contribution in [0.15, 0.2) is 0 Å². The lowest BCUT2D eigenvalue weighted by Crippen LogP contribution is -2.09. The molecular formula is C12H28AlO2P. The minimum absolute atomic E-state index is 0.